The lowest BCUT2D eigenvalue weighted by Crippen LogP contribution is -2.27. The molecule has 4 heterocycles. The predicted octanol–water partition coefficient (Wildman–Crippen LogP) is 23.7. The largest absolute Gasteiger partial charge is 0.497 e. The molecular formula is C100H98BClF6N18O12. The van der Waals surface area contributed by atoms with Crippen molar-refractivity contribution in [3.63, 3.8) is 0 Å². The van der Waals surface area contributed by atoms with Gasteiger partial charge in [0.15, 0.2) is 5.81 Å². The number of nitrogens with one attached hydrogen (secondary N) is 5. The zero-order valence-corrected chi connectivity index (χ0v) is 76.5. The fourth-order valence-electron chi connectivity index (χ4n) is 13.1. The molecule has 0 saturated heterocycles. The third-order valence-corrected chi connectivity index (χ3v) is 19.4. The molecule has 0 bridgehead atoms. The van der Waals surface area contributed by atoms with Gasteiger partial charge < -0.3 is 92.6 Å². The number of hydrogen-bond donors (Lipinski definition) is 10. The fraction of sp³-hybridized carbons (Fsp3) is 0.170. The number of methoxy groups -OCH3 is 4. The number of anilines is 9. The van der Waals surface area contributed by atoms with Crippen LogP contribution in [0.2, 0.25) is 5.28 Å². The van der Waals surface area contributed by atoms with E-state index >= 15 is 0 Å². The van der Waals surface area contributed by atoms with E-state index in [1.807, 2.05) is 175 Å². The Morgan fingerprint density at radius 2 is 0.746 bits per heavy atom. The number of amides is 4. The van der Waals surface area contributed by atoms with E-state index in [0.717, 1.165) is 96.7 Å². The maximum absolute atomic E-state index is 13.1. The third-order valence-electron chi connectivity index (χ3n) is 19.2. The van der Waals surface area contributed by atoms with Crippen LogP contribution in [-0.4, -0.2) is 99.7 Å². The van der Waals surface area contributed by atoms with Crippen molar-refractivity contribution in [1.82, 2.24) is 39.9 Å². The first-order chi connectivity index (χ1) is 65.3. The fourth-order valence-corrected chi connectivity index (χ4v) is 13.3. The van der Waals surface area contributed by atoms with Crippen molar-refractivity contribution in [2.75, 3.05) is 78.0 Å². The first kappa shape index (κ1) is 103. The van der Waals surface area contributed by atoms with Crippen LogP contribution in [0.5, 0.6) is 69.5 Å². The van der Waals surface area contributed by atoms with Crippen LogP contribution in [0.4, 0.5) is 92.7 Å². The summed E-state index contributed by atoms with van der Waals surface area (Å²) in [6.45, 7) is 13.9. The second kappa shape index (κ2) is 47.3. The van der Waals surface area contributed by atoms with Crippen LogP contribution in [0.3, 0.4) is 0 Å². The van der Waals surface area contributed by atoms with Gasteiger partial charge in [0.05, 0.1) is 62.3 Å². The van der Waals surface area contributed by atoms with Crippen molar-refractivity contribution >= 4 is 132 Å². The molecule has 30 nitrogen and oxygen atoms in total. The van der Waals surface area contributed by atoms with Gasteiger partial charge in [0.25, 0.3) is 0 Å². The Labute approximate surface area is 796 Å². The van der Waals surface area contributed by atoms with Crippen molar-refractivity contribution in [2.45, 2.75) is 86.9 Å². The summed E-state index contributed by atoms with van der Waals surface area (Å²) in [6, 6.07) is 71.4. The maximum atomic E-state index is 13.1. The minimum Gasteiger partial charge on any atom is -0.497 e. The molecule has 12 aromatic carbocycles. The molecule has 138 heavy (non-hydrogen) atoms. The van der Waals surface area contributed by atoms with Crippen molar-refractivity contribution in [3.8, 4) is 69.5 Å². The number of halogens is 7. The van der Waals surface area contributed by atoms with Crippen LogP contribution >= 0.6 is 11.6 Å². The molecule has 0 spiro atoms. The average molecular weight is 1900 g/mol. The Balaban J connectivity index is 0.000000178. The number of carbonyl (C=O) groups is 3. The predicted molar refractivity (Wildman–Crippen MR) is 527 cm³/mol. The molecule has 0 aliphatic carbocycles. The molecule has 0 aliphatic rings. The van der Waals surface area contributed by atoms with Gasteiger partial charge in [0.2, 0.25) is 54.5 Å². The number of benzene rings is 12. The van der Waals surface area contributed by atoms with Crippen LogP contribution in [0.25, 0.3) is 43.1 Å². The van der Waals surface area contributed by atoms with Gasteiger partial charge in [-0.2, -0.15) is 46.3 Å². The van der Waals surface area contributed by atoms with E-state index in [1.54, 1.807) is 106 Å². The normalized spacial score (nSPS) is 10.8. The smallest absolute Gasteiger partial charge is 0.416 e. The molecule has 16 aromatic rings. The number of ether oxygens (including phenoxy) is 9. The SMILES string of the molecule is C.COc1ccc(C(F)(F)F)cc1N.COc1ccc(C(F)(F)F)cc1NC(=O)Nc1ccc(Oc2cc(C)nc(N)n2)c2ccccc12.COc1ccc(CN)cc1.Cc1cc(Oc2ccc(N)c3ccccc23)nc(N)n1.Cc1cc(Oc2ccc(NC(=O)OC(C)(C)C)c3ccccc23)nc(Cl)n1.[B]C(=O)Nc1ccc(Oc2cc(C)nc(NCc3ccc(OC)cc3)n2)c2ccccc12. The number of nitrogen functional groups attached to an aromatic ring is 4. The Morgan fingerprint density at radius 3 is 1.16 bits per heavy atom. The summed E-state index contributed by atoms with van der Waals surface area (Å²) in [5.41, 5.74) is 33.0. The number of fused-ring (bicyclic) bond motifs is 4. The van der Waals surface area contributed by atoms with Gasteiger partial charge in [-0.25, -0.2) is 29.5 Å². The lowest BCUT2D eigenvalue weighted by molar-refractivity contribution is -0.138. The zero-order valence-electron chi connectivity index (χ0n) is 75.7. The number of alkyl halides is 6. The van der Waals surface area contributed by atoms with E-state index in [-0.39, 0.29) is 53.4 Å². The summed E-state index contributed by atoms with van der Waals surface area (Å²) in [7, 11) is 11.2. The van der Waals surface area contributed by atoms with Crippen molar-refractivity contribution in [1.29, 1.82) is 0 Å². The molecule has 0 unspecified atom stereocenters. The summed E-state index contributed by atoms with van der Waals surface area (Å²) >= 11 is 5.91. The molecule has 38 heteroatoms. The van der Waals surface area contributed by atoms with Crippen molar-refractivity contribution < 1.29 is 83.4 Å². The highest BCUT2D eigenvalue weighted by atomic mass is 35.5. The van der Waals surface area contributed by atoms with Crippen LogP contribution < -0.4 is 93.1 Å². The molecular weight excluding hydrogens is 1810 g/mol. The van der Waals surface area contributed by atoms with E-state index in [1.165, 1.54) is 20.3 Å². The van der Waals surface area contributed by atoms with Gasteiger partial charge in [-0.15, -0.1) is 0 Å². The minimum atomic E-state index is -4.57. The quantitative estimate of drug-likeness (QED) is 0.0147. The number of hydrogen-bond acceptors (Lipinski definition) is 26. The maximum Gasteiger partial charge on any atom is 0.416 e. The molecule has 15 N–H and O–H groups in total. The summed E-state index contributed by atoms with van der Waals surface area (Å²) in [4.78, 5) is 69.3. The molecule has 4 amide bonds. The van der Waals surface area contributed by atoms with Crippen molar-refractivity contribution in [2.24, 2.45) is 5.73 Å². The monoisotopic (exact) mass is 1900 g/mol. The highest BCUT2D eigenvalue weighted by Crippen LogP contribution is 2.42. The Bertz CT molecular complexity index is 6870. The van der Waals surface area contributed by atoms with Gasteiger partial charge in [0.1, 0.15) is 51.6 Å². The molecule has 2 radical (unpaired) electrons. The van der Waals surface area contributed by atoms with Gasteiger partial charge in [-0.05, 0) is 180 Å². The number of aryl methyl sites for hydroxylation is 4. The lowest BCUT2D eigenvalue weighted by Gasteiger charge is -2.20. The first-order valence-corrected chi connectivity index (χ1v) is 41.9. The molecule has 0 fully saturated rings. The summed E-state index contributed by atoms with van der Waals surface area (Å²) < 4.78 is 125. The van der Waals surface area contributed by atoms with E-state index < -0.39 is 47.0 Å². The van der Waals surface area contributed by atoms with Crippen LogP contribution in [0.1, 0.15) is 73.2 Å². The van der Waals surface area contributed by atoms with Gasteiger partial charge in [-0.1, -0.05) is 129 Å². The highest BCUT2D eigenvalue weighted by molar-refractivity contribution is 6.60. The summed E-state index contributed by atoms with van der Waals surface area (Å²) in [5.74, 6) is 5.91. The second-order valence-corrected chi connectivity index (χ2v) is 30.9. The molecule has 712 valence electrons. The number of nitrogens with two attached hydrogens (primary N) is 5. The second-order valence-electron chi connectivity index (χ2n) is 30.6. The summed E-state index contributed by atoms with van der Waals surface area (Å²) in [6.07, 6.45) is -9.45. The molecule has 0 atom stereocenters. The minimum absolute atomic E-state index is 0. The van der Waals surface area contributed by atoms with Crippen molar-refractivity contribution in [3.05, 3.63) is 305 Å². The average Bonchev–Trinajstić information content (AvgIpc) is 0.805. The van der Waals surface area contributed by atoms with E-state index in [2.05, 4.69) is 66.5 Å². The van der Waals surface area contributed by atoms with Gasteiger partial charge in [0, 0.05) is 115 Å². The van der Waals surface area contributed by atoms with E-state index in [0.29, 0.717) is 105 Å². The van der Waals surface area contributed by atoms with Crippen LogP contribution in [0.15, 0.2) is 255 Å². The standard InChI is InChI=1S/C24H21BN4O3.C24H20F3N5O3.C20H20ClN3O3.C15H14N4O.C8H8F3NO.C8H11NO.CH4/c1-15-13-22(29-24(27-15)26-14-16-7-9-17(31-2)10-8-16)32-21-12-11-20(28-23(25)30)18-5-3-4-6-19(18)21;1-13-11-21(32-22(28)29-13)35-19-10-8-17(15-5-3-4-6-16(15)19)30-23(33)31-18-12-14(24(25,26)27)7-9-20(18)34-2;1-12-11-17(24-18(21)22-12)26-16-10-9-15(13-7-5-6-8-14(13)16)23-19(25)27-20(2,3)4;1-9-8-14(19-15(17)18-9)20-13-7-6-12(16)10-4-2-3-5-11(10)13;1-13-7-3-2-5(4-6(7)12)8(9,10)11;1-10-8-4-2-7(6-9)3-5-8;/h3-13H,14H2,1-2H3,(H,28,30)(H,26,27,29);3-12H,1-2H3,(H2,28,29,32)(H2,30,31,33);5-11H,1-4H3,(H,23,25);2-8H,16H2,1H3,(H2,17,18,19);2-4H,12H2,1H3;2-5H,6,9H2,1H3;1H4. The number of urea groups is 1. The molecule has 0 aliphatic heterocycles. The van der Waals surface area contributed by atoms with Gasteiger partial charge in [-0.3, -0.25) is 10.1 Å². The lowest BCUT2D eigenvalue weighted by atomic mass is 10.1. The summed E-state index contributed by atoms with van der Waals surface area (Å²) in [5, 5.41) is 20.3. The number of aromatic nitrogens is 8. The zero-order chi connectivity index (χ0) is 98.8. The Hall–Kier alpha value is -16.7. The Kier molecular flexibility index (Phi) is 35.4. The molecule has 0 saturated carbocycles. The van der Waals surface area contributed by atoms with Crippen LogP contribution in [0, 0.1) is 27.7 Å². The van der Waals surface area contributed by atoms with Gasteiger partial charge >= 0.3 is 24.5 Å². The van der Waals surface area contributed by atoms with E-state index in [9.17, 15) is 40.7 Å². The third kappa shape index (κ3) is 29.7. The Morgan fingerprint density at radius 1 is 0.377 bits per heavy atom. The van der Waals surface area contributed by atoms with Crippen LogP contribution in [-0.2, 0) is 30.2 Å². The number of nitrogens with zero attached hydrogens (tertiary/aromatic N) is 8. The number of rotatable bonds is 20. The molecule has 4 aromatic heterocycles. The molecule has 16 rings (SSSR count). The highest BCUT2D eigenvalue weighted by Gasteiger charge is 2.33. The van der Waals surface area contributed by atoms with E-state index in [4.69, 9.17) is 90.7 Å². The number of carbonyl (C=O) groups excluding carboxylic acids is 3. The first-order valence-electron chi connectivity index (χ1n) is 41.5. The topological polar surface area (TPSA) is 428 Å².